The number of amides is 1. The summed E-state index contributed by atoms with van der Waals surface area (Å²) in [5.41, 5.74) is 0.769. The van der Waals surface area contributed by atoms with Crippen LogP contribution >= 0.6 is 11.3 Å². The first-order chi connectivity index (χ1) is 14.9. The first kappa shape index (κ1) is 21.4. The summed E-state index contributed by atoms with van der Waals surface area (Å²) in [6.45, 7) is 2.91. The Kier molecular flexibility index (Phi) is 6.26. The minimum atomic E-state index is -3.79. The van der Waals surface area contributed by atoms with Gasteiger partial charge in [0, 0.05) is 28.6 Å². The zero-order valence-electron chi connectivity index (χ0n) is 16.8. The van der Waals surface area contributed by atoms with Gasteiger partial charge in [-0.25, -0.2) is 13.1 Å². The van der Waals surface area contributed by atoms with Gasteiger partial charge in [0.1, 0.15) is 0 Å². The van der Waals surface area contributed by atoms with E-state index in [0.717, 1.165) is 11.3 Å². The lowest BCUT2D eigenvalue weighted by Gasteiger charge is -2.14. The molecule has 0 bridgehead atoms. The predicted octanol–water partition coefficient (Wildman–Crippen LogP) is 4.20. The predicted molar refractivity (Wildman–Crippen MR) is 119 cm³/mol. The molecule has 1 aliphatic rings. The van der Waals surface area contributed by atoms with E-state index in [0.29, 0.717) is 30.4 Å². The molecule has 0 spiro atoms. The molecule has 31 heavy (non-hydrogen) atoms. The maximum absolute atomic E-state index is 12.8. The molecule has 7 nitrogen and oxygen atoms in total. The van der Waals surface area contributed by atoms with E-state index in [4.69, 9.17) is 9.47 Å². The van der Waals surface area contributed by atoms with Crippen LogP contribution in [0.25, 0.3) is 0 Å². The van der Waals surface area contributed by atoms with Gasteiger partial charge in [-0.2, -0.15) is 0 Å². The normalized spacial score (nSPS) is 14.5. The number of anilines is 1. The van der Waals surface area contributed by atoms with Crippen LogP contribution in [0.1, 0.15) is 34.6 Å². The van der Waals surface area contributed by atoms with Crippen LogP contribution in [0.2, 0.25) is 0 Å². The van der Waals surface area contributed by atoms with E-state index in [1.165, 1.54) is 23.5 Å². The molecule has 1 amide bonds. The molecular formula is C22H22N2O5S2. The molecular weight excluding hydrogens is 436 g/mol. The molecule has 0 radical (unpaired) electrons. The summed E-state index contributed by atoms with van der Waals surface area (Å²) in [4.78, 5) is 13.7. The zero-order chi connectivity index (χ0) is 21.8. The number of nitrogens with one attached hydrogen (secondary N) is 2. The van der Waals surface area contributed by atoms with Crippen molar-refractivity contribution < 1.29 is 22.7 Å². The molecule has 2 N–H and O–H groups in total. The summed E-state index contributed by atoms with van der Waals surface area (Å²) in [5.74, 6) is 0.783. The number of hydrogen-bond acceptors (Lipinski definition) is 6. The van der Waals surface area contributed by atoms with Gasteiger partial charge in [0.15, 0.2) is 11.5 Å². The number of carbonyl (C=O) groups is 1. The molecule has 0 unspecified atom stereocenters. The molecule has 9 heteroatoms. The molecule has 4 rings (SSSR count). The Morgan fingerprint density at radius 1 is 1.03 bits per heavy atom. The highest BCUT2D eigenvalue weighted by molar-refractivity contribution is 7.89. The standard InChI is InChI=1S/C22H22N2O5S2/c1-15(21-7-3-12-30-21)24-31(26,27)18-6-2-5-16(13-18)22(25)23-17-8-9-19-20(14-17)29-11-4-10-28-19/h2-3,5-9,12-15,24H,4,10-11H2,1H3,(H,23,25)/t15-/m1/s1. The number of ether oxygens (including phenoxy) is 2. The molecule has 0 saturated heterocycles. The SMILES string of the molecule is C[C@@H](NS(=O)(=O)c1cccc(C(=O)Nc2ccc3c(c2)OCCCO3)c1)c1cccs1. The first-order valence-electron chi connectivity index (χ1n) is 9.79. The minimum absolute atomic E-state index is 0.0298. The fourth-order valence-corrected chi connectivity index (χ4v) is 5.22. The average molecular weight is 459 g/mol. The van der Waals surface area contributed by atoms with Crippen LogP contribution in [0.4, 0.5) is 5.69 Å². The van der Waals surface area contributed by atoms with Crippen molar-refractivity contribution in [2.45, 2.75) is 24.3 Å². The Morgan fingerprint density at radius 3 is 2.61 bits per heavy atom. The van der Waals surface area contributed by atoms with Crippen molar-refractivity contribution in [3.63, 3.8) is 0 Å². The lowest BCUT2D eigenvalue weighted by Crippen LogP contribution is -2.26. The topological polar surface area (TPSA) is 93.7 Å². The molecule has 0 saturated carbocycles. The second-order valence-corrected chi connectivity index (χ2v) is 9.75. The van der Waals surface area contributed by atoms with Gasteiger partial charge in [-0.1, -0.05) is 12.1 Å². The highest BCUT2D eigenvalue weighted by Gasteiger charge is 2.20. The van der Waals surface area contributed by atoms with Gasteiger partial charge in [-0.05, 0) is 48.7 Å². The van der Waals surface area contributed by atoms with Crippen molar-refractivity contribution in [3.05, 3.63) is 70.4 Å². The monoisotopic (exact) mass is 458 g/mol. The summed E-state index contributed by atoms with van der Waals surface area (Å²) in [6.07, 6.45) is 0.788. The average Bonchev–Trinajstić information content (AvgIpc) is 3.20. The van der Waals surface area contributed by atoms with Crippen molar-refractivity contribution >= 4 is 33.0 Å². The van der Waals surface area contributed by atoms with E-state index >= 15 is 0 Å². The van der Waals surface area contributed by atoms with Crippen LogP contribution in [0.3, 0.4) is 0 Å². The summed E-state index contributed by atoms with van der Waals surface area (Å²) >= 11 is 1.48. The number of carbonyl (C=O) groups excluding carboxylic acids is 1. The van der Waals surface area contributed by atoms with Crippen LogP contribution in [0.15, 0.2) is 64.9 Å². The minimum Gasteiger partial charge on any atom is -0.490 e. The number of rotatable bonds is 6. The van der Waals surface area contributed by atoms with Crippen molar-refractivity contribution in [2.75, 3.05) is 18.5 Å². The van der Waals surface area contributed by atoms with E-state index in [1.807, 2.05) is 17.5 Å². The van der Waals surface area contributed by atoms with E-state index in [9.17, 15) is 13.2 Å². The van der Waals surface area contributed by atoms with Gasteiger partial charge >= 0.3 is 0 Å². The number of benzene rings is 2. The number of fused-ring (bicyclic) bond motifs is 1. The van der Waals surface area contributed by atoms with E-state index in [2.05, 4.69) is 10.0 Å². The Hall–Kier alpha value is -2.88. The zero-order valence-corrected chi connectivity index (χ0v) is 18.5. The van der Waals surface area contributed by atoms with E-state index in [1.54, 1.807) is 37.3 Å². The summed E-state index contributed by atoms with van der Waals surface area (Å²) in [6, 6.07) is 14.5. The smallest absolute Gasteiger partial charge is 0.255 e. The van der Waals surface area contributed by atoms with Gasteiger partial charge in [0.05, 0.1) is 24.2 Å². The second kappa shape index (κ2) is 9.09. The molecule has 0 fully saturated rings. The fraction of sp³-hybridized carbons (Fsp3) is 0.227. The van der Waals surface area contributed by atoms with Gasteiger partial charge < -0.3 is 14.8 Å². The lowest BCUT2D eigenvalue weighted by atomic mass is 10.2. The van der Waals surface area contributed by atoms with Crippen LogP contribution in [0, 0.1) is 0 Å². The van der Waals surface area contributed by atoms with Crippen LogP contribution in [-0.2, 0) is 10.0 Å². The van der Waals surface area contributed by atoms with Crippen molar-refractivity contribution in [1.82, 2.24) is 4.72 Å². The number of hydrogen-bond donors (Lipinski definition) is 2. The van der Waals surface area contributed by atoms with Gasteiger partial charge in [0.25, 0.3) is 5.91 Å². The Morgan fingerprint density at radius 2 is 1.84 bits per heavy atom. The largest absolute Gasteiger partial charge is 0.490 e. The highest BCUT2D eigenvalue weighted by Crippen LogP contribution is 2.32. The van der Waals surface area contributed by atoms with E-state index < -0.39 is 15.9 Å². The molecule has 1 atom stereocenters. The first-order valence-corrected chi connectivity index (χ1v) is 12.2. The third-order valence-electron chi connectivity index (χ3n) is 4.71. The molecule has 3 aromatic rings. The lowest BCUT2D eigenvalue weighted by molar-refractivity contribution is 0.102. The molecule has 2 aromatic carbocycles. The second-order valence-electron chi connectivity index (χ2n) is 7.05. The fourth-order valence-electron chi connectivity index (χ4n) is 3.15. The number of sulfonamides is 1. The summed E-state index contributed by atoms with van der Waals surface area (Å²) < 4.78 is 39.5. The molecule has 0 aliphatic carbocycles. The highest BCUT2D eigenvalue weighted by atomic mass is 32.2. The van der Waals surface area contributed by atoms with Crippen molar-refractivity contribution in [3.8, 4) is 11.5 Å². The van der Waals surface area contributed by atoms with Gasteiger partial charge in [-0.15, -0.1) is 11.3 Å². The maximum atomic E-state index is 12.8. The van der Waals surface area contributed by atoms with Crippen LogP contribution < -0.4 is 19.5 Å². The summed E-state index contributed by atoms with van der Waals surface area (Å²) in [7, 11) is -3.79. The van der Waals surface area contributed by atoms with Crippen molar-refractivity contribution in [1.29, 1.82) is 0 Å². The van der Waals surface area contributed by atoms with Crippen LogP contribution in [-0.4, -0.2) is 27.5 Å². The quantitative estimate of drug-likeness (QED) is 0.577. The Balaban J connectivity index is 1.50. The summed E-state index contributed by atoms with van der Waals surface area (Å²) in [5, 5.41) is 4.68. The molecule has 2 heterocycles. The number of thiophene rings is 1. The van der Waals surface area contributed by atoms with Gasteiger partial charge in [0.2, 0.25) is 10.0 Å². The third kappa shape index (κ3) is 5.07. The Bertz CT molecular complexity index is 1180. The van der Waals surface area contributed by atoms with Gasteiger partial charge in [-0.3, -0.25) is 4.79 Å². The van der Waals surface area contributed by atoms with Crippen LogP contribution in [0.5, 0.6) is 11.5 Å². The Labute approximate surface area is 185 Å². The maximum Gasteiger partial charge on any atom is 0.255 e. The third-order valence-corrected chi connectivity index (χ3v) is 7.31. The molecule has 1 aromatic heterocycles. The van der Waals surface area contributed by atoms with E-state index in [-0.39, 0.29) is 16.5 Å². The molecule has 162 valence electrons. The molecule has 1 aliphatic heterocycles. The van der Waals surface area contributed by atoms with Crippen molar-refractivity contribution in [2.24, 2.45) is 0 Å².